The van der Waals surface area contributed by atoms with Gasteiger partial charge in [-0.15, -0.1) is 0 Å². The number of anilines is 2. The van der Waals surface area contributed by atoms with Crippen molar-refractivity contribution < 1.29 is 26.7 Å². The Morgan fingerprint density at radius 3 is 2.32 bits per heavy atom. The van der Waals surface area contributed by atoms with Crippen LogP contribution in [0.25, 0.3) is 28.0 Å². The smallest absolute Gasteiger partial charge is 0.398 e. The fourth-order valence-electron chi connectivity index (χ4n) is 5.90. The number of nitrogens with zero attached hydrogens (tertiary/aromatic N) is 6. The third-order valence-electron chi connectivity index (χ3n) is 8.20. The molecule has 0 spiro atoms. The SMILES string of the molecule is C=CC(=O)N1CCN(c2nc(=O)n(-c3c(C(C)C)cc(C(F)(F)F)nc3C(C)C)c3nc(-c4c(N)cccc4F)c(F)cc23)[C@@H](C)C1. The maximum absolute atomic E-state index is 16.0. The molecule has 0 unspecified atom stereocenters. The zero-order chi connectivity index (χ0) is 34.5. The largest absolute Gasteiger partial charge is 0.433 e. The van der Waals surface area contributed by atoms with Crippen molar-refractivity contribution in [1.82, 2.24) is 24.4 Å². The van der Waals surface area contributed by atoms with E-state index in [4.69, 9.17) is 5.73 Å². The van der Waals surface area contributed by atoms with Crippen molar-refractivity contribution in [3.8, 4) is 16.9 Å². The van der Waals surface area contributed by atoms with Gasteiger partial charge in [-0.05, 0) is 54.7 Å². The predicted octanol–water partition coefficient (Wildman–Crippen LogP) is 6.19. The maximum atomic E-state index is 16.0. The normalized spacial score (nSPS) is 15.6. The number of nitrogen functional groups attached to an aromatic ring is 1. The Bertz CT molecular complexity index is 1910. The molecule has 2 N–H and O–H groups in total. The highest BCUT2D eigenvalue weighted by Crippen LogP contribution is 2.39. The summed E-state index contributed by atoms with van der Waals surface area (Å²) >= 11 is 0. The quantitative estimate of drug-likeness (QED) is 0.150. The summed E-state index contributed by atoms with van der Waals surface area (Å²) in [7, 11) is 0. The van der Waals surface area contributed by atoms with Crippen LogP contribution in [-0.4, -0.2) is 56.0 Å². The molecule has 3 aromatic heterocycles. The second-order valence-corrected chi connectivity index (χ2v) is 12.1. The van der Waals surface area contributed by atoms with E-state index in [1.807, 2.05) is 0 Å². The molecule has 1 aromatic carbocycles. The maximum Gasteiger partial charge on any atom is 0.433 e. The second-order valence-electron chi connectivity index (χ2n) is 12.1. The van der Waals surface area contributed by atoms with Gasteiger partial charge in [-0.25, -0.2) is 28.1 Å². The lowest BCUT2D eigenvalue weighted by atomic mass is 9.95. The van der Waals surface area contributed by atoms with E-state index < -0.39 is 52.8 Å². The zero-order valence-corrected chi connectivity index (χ0v) is 26.5. The minimum atomic E-state index is -4.77. The standard InChI is InChI=1S/C33H34F5N7O2/c1-7-25(46)43-11-12-44(18(6)15-43)30-20-13-22(35)28(26-21(34)9-8-10-23(26)39)41-31(20)45(32(47)42-30)29-19(16(2)3)14-24(33(36,37)38)40-27(29)17(4)5/h7-10,13-14,16-18H,1,11-12,15,39H2,2-6H3/t18-/m0/s1. The fourth-order valence-corrected chi connectivity index (χ4v) is 5.90. The highest BCUT2D eigenvalue weighted by Gasteiger charge is 2.36. The zero-order valence-electron chi connectivity index (χ0n) is 26.5. The first-order valence-corrected chi connectivity index (χ1v) is 15.0. The average Bonchev–Trinajstić information content (AvgIpc) is 2.99. The summed E-state index contributed by atoms with van der Waals surface area (Å²) in [6, 6.07) is 5.36. The van der Waals surface area contributed by atoms with Gasteiger partial charge in [0.25, 0.3) is 0 Å². The molecule has 1 amide bonds. The van der Waals surface area contributed by atoms with Gasteiger partial charge >= 0.3 is 11.9 Å². The number of hydrogen-bond donors (Lipinski definition) is 1. The van der Waals surface area contributed by atoms with E-state index in [2.05, 4.69) is 21.5 Å². The van der Waals surface area contributed by atoms with E-state index in [0.717, 1.165) is 22.8 Å². The number of piperazine rings is 1. The number of fused-ring (bicyclic) bond motifs is 1. The number of benzene rings is 1. The number of aromatic nitrogens is 4. The van der Waals surface area contributed by atoms with E-state index >= 15 is 8.78 Å². The van der Waals surface area contributed by atoms with Crippen LogP contribution < -0.4 is 16.3 Å². The van der Waals surface area contributed by atoms with E-state index in [0.29, 0.717) is 0 Å². The minimum absolute atomic E-state index is 0.0260. The number of halogens is 5. The number of pyridine rings is 2. The number of carbonyl (C=O) groups excluding carboxylic acids is 1. The highest BCUT2D eigenvalue weighted by atomic mass is 19.4. The summed E-state index contributed by atoms with van der Waals surface area (Å²) in [6.45, 7) is 12.6. The number of rotatable bonds is 6. The lowest BCUT2D eigenvalue weighted by Gasteiger charge is -2.40. The average molecular weight is 656 g/mol. The van der Waals surface area contributed by atoms with Gasteiger partial charge in [-0.2, -0.15) is 18.2 Å². The van der Waals surface area contributed by atoms with Crippen molar-refractivity contribution in [1.29, 1.82) is 0 Å². The molecule has 1 saturated heterocycles. The summed E-state index contributed by atoms with van der Waals surface area (Å²) in [5.74, 6) is -3.19. The molecule has 9 nitrogen and oxygen atoms in total. The molecule has 0 aliphatic carbocycles. The van der Waals surface area contributed by atoms with Crippen LogP contribution in [-0.2, 0) is 11.0 Å². The van der Waals surface area contributed by atoms with E-state index in [1.54, 1.807) is 44.4 Å². The topological polar surface area (TPSA) is 110 Å². The first-order chi connectivity index (χ1) is 22.0. The van der Waals surface area contributed by atoms with Gasteiger partial charge in [0.1, 0.15) is 23.0 Å². The molecule has 14 heteroatoms. The van der Waals surface area contributed by atoms with Crippen molar-refractivity contribution in [3.63, 3.8) is 0 Å². The van der Waals surface area contributed by atoms with Crippen molar-refractivity contribution in [2.75, 3.05) is 30.3 Å². The number of nitrogens with two attached hydrogens (primary N) is 1. The van der Waals surface area contributed by atoms with Crippen LogP contribution in [0.2, 0.25) is 0 Å². The van der Waals surface area contributed by atoms with Gasteiger partial charge in [0.15, 0.2) is 11.5 Å². The summed E-state index contributed by atoms with van der Waals surface area (Å²) in [5.41, 5.74) is 2.99. The number of alkyl halides is 3. The summed E-state index contributed by atoms with van der Waals surface area (Å²) in [4.78, 5) is 42.6. The van der Waals surface area contributed by atoms with Gasteiger partial charge in [-0.1, -0.05) is 40.3 Å². The molecule has 1 fully saturated rings. The Balaban J connectivity index is 1.90. The molecule has 0 bridgehead atoms. The van der Waals surface area contributed by atoms with Gasteiger partial charge in [0.2, 0.25) is 5.91 Å². The van der Waals surface area contributed by atoms with E-state index in [9.17, 15) is 22.8 Å². The molecule has 4 heterocycles. The molecular weight excluding hydrogens is 621 g/mol. The number of carbonyl (C=O) groups is 1. The summed E-state index contributed by atoms with van der Waals surface area (Å²) in [5, 5.41) is 0.0421. The molecule has 4 aromatic rings. The van der Waals surface area contributed by atoms with Gasteiger partial charge < -0.3 is 15.5 Å². The third kappa shape index (κ3) is 6.03. The molecule has 0 saturated carbocycles. The van der Waals surface area contributed by atoms with E-state index in [-0.39, 0.29) is 70.6 Å². The van der Waals surface area contributed by atoms with Crippen LogP contribution in [0.5, 0.6) is 0 Å². The van der Waals surface area contributed by atoms with Crippen molar-refractivity contribution >= 4 is 28.4 Å². The third-order valence-corrected chi connectivity index (χ3v) is 8.20. The Morgan fingerprint density at radius 2 is 1.74 bits per heavy atom. The Hall–Kier alpha value is -4.88. The van der Waals surface area contributed by atoms with Crippen LogP contribution in [0.1, 0.15) is 63.4 Å². The van der Waals surface area contributed by atoms with Crippen LogP contribution in [0.4, 0.5) is 33.5 Å². The monoisotopic (exact) mass is 655 g/mol. The molecular formula is C33H34F5N7O2. The second kappa shape index (κ2) is 12.4. The fraction of sp³-hybridized carbons (Fsp3) is 0.364. The molecule has 1 aliphatic rings. The Kier molecular flexibility index (Phi) is 8.82. The Morgan fingerprint density at radius 1 is 1.04 bits per heavy atom. The first kappa shape index (κ1) is 33.5. The lowest BCUT2D eigenvalue weighted by Crippen LogP contribution is -2.54. The molecule has 47 heavy (non-hydrogen) atoms. The molecule has 0 radical (unpaired) electrons. The van der Waals surface area contributed by atoms with Gasteiger partial charge in [0.05, 0.1) is 22.3 Å². The van der Waals surface area contributed by atoms with Gasteiger partial charge in [-0.3, -0.25) is 4.79 Å². The molecule has 248 valence electrons. The van der Waals surface area contributed by atoms with Crippen LogP contribution in [0.3, 0.4) is 0 Å². The lowest BCUT2D eigenvalue weighted by molar-refractivity contribution is -0.141. The summed E-state index contributed by atoms with van der Waals surface area (Å²) in [6.07, 6.45) is -3.58. The van der Waals surface area contributed by atoms with Gasteiger partial charge in [0, 0.05) is 31.4 Å². The van der Waals surface area contributed by atoms with Crippen molar-refractivity contribution in [2.24, 2.45) is 0 Å². The first-order valence-electron chi connectivity index (χ1n) is 15.0. The van der Waals surface area contributed by atoms with E-state index in [1.165, 1.54) is 18.2 Å². The summed E-state index contributed by atoms with van der Waals surface area (Å²) < 4.78 is 74.3. The predicted molar refractivity (Wildman–Crippen MR) is 169 cm³/mol. The number of hydrogen-bond acceptors (Lipinski definition) is 7. The molecule has 5 rings (SSSR count). The van der Waals surface area contributed by atoms with Crippen LogP contribution in [0, 0.1) is 11.6 Å². The molecule has 1 atom stereocenters. The van der Waals surface area contributed by atoms with Crippen LogP contribution >= 0.6 is 0 Å². The minimum Gasteiger partial charge on any atom is -0.398 e. The molecule has 1 aliphatic heterocycles. The van der Waals surface area contributed by atoms with Crippen LogP contribution in [0.15, 0.2) is 47.8 Å². The number of amides is 1. The highest BCUT2D eigenvalue weighted by molar-refractivity contribution is 5.92. The van der Waals surface area contributed by atoms with Crippen molar-refractivity contribution in [3.05, 3.63) is 82.1 Å². The Labute approximate surface area is 267 Å². The van der Waals surface area contributed by atoms with Crippen molar-refractivity contribution in [2.45, 2.75) is 58.7 Å².